The Morgan fingerprint density at radius 2 is 1.50 bits per heavy atom. The summed E-state index contributed by atoms with van der Waals surface area (Å²) >= 11 is 0. The molecule has 4 rings (SSSR count). The van der Waals surface area contributed by atoms with Crippen LogP contribution in [0, 0.1) is 0 Å². The molecule has 114 valence electrons. The zero-order valence-electron chi connectivity index (χ0n) is 12.0. The summed E-state index contributed by atoms with van der Waals surface area (Å²) in [6.45, 7) is 1.14. The minimum absolute atomic E-state index is 0.569. The third kappa shape index (κ3) is 2.06. The molecule has 2 aromatic rings. The number of hydrogen-bond acceptors (Lipinski definition) is 5. The molecule has 2 heterocycles. The number of benzene rings is 2. The van der Waals surface area contributed by atoms with Crippen LogP contribution in [0.15, 0.2) is 65.4 Å². The zero-order valence-corrected chi connectivity index (χ0v) is 12.9. The number of hydrogen-bond donors (Lipinski definition) is 1. The molecule has 0 radical (unpaired) electrons. The molecule has 1 saturated heterocycles. The molecule has 0 saturated carbocycles. The summed E-state index contributed by atoms with van der Waals surface area (Å²) in [7, 11) is -3.71. The van der Waals surface area contributed by atoms with Crippen LogP contribution in [-0.2, 0) is 13.7 Å². The van der Waals surface area contributed by atoms with E-state index in [-0.39, 0.29) is 0 Å². The Kier molecular flexibility index (Phi) is 3.24. The third-order valence-corrected chi connectivity index (χ3v) is 7.13. The second-order valence-electron chi connectivity index (χ2n) is 5.21. The average Bonchev–Trinajstić information content (AvgIpc) is 2.98. The summed E-state index contributed by atoms with van der Waals surface area (Å²) < 4.78 is 23.0. The summed E-state index contributed by atoms with van der Waals surface area (Å²) in [5.41, 5.74) is 3.87. The van der Waals surface area contributed by atoms with Crippen molar-refractivity contribution in [2.45, 2.75) is 6.42 Å². The van der Waals surface area contributed by atoms with Crippen molar-refractivity contribution >= 4 is 18.6 Å². The van der Waals surface area contributed by atoms with E-state index in [1.165, 1.54) is 0 Å². The van der Waals surface area contributed by atoms with Crippen LogP contribution in [0.2, 0.25) is 0 Å². The SMILES string of the molecule is c1ccc(C2=NP3(c4ccccc4)(OCCCO3)ON2)cc1. The van der Waals surface area contributed by atoms with Crippen molar-refractivity contribution in [2.24, 2.45) is 4.76 Å². The quantitative estimate of drug-likeness (QED) is 0.866. The van der Waals surface area contributed by atoms with Gasteiger partial charge in [-0.3, -0.25) is 0 Å². The van der Waals surface area contributed by atoms with Crippen LogP contribution < -0.4 is 10.8 Å². The van der Waals surface area contributed by atoms with Gasteiger partial charge < -0.3 is 0 Å². The maximum atomic E-state index is 6.09. The Hall–Kier alpha value is -1.78. The predicted molar refractivity (Wildman–Crippen MR) is 86.7 cm³/mol. The van der Waals surface area contributed by atoms with Gasteiger partial charge >= 0.3 is 128 Å². The van der Waals surface area contributed by atoms with E-state index < -0.39 is 7.43 Å². The molecule has 0 aromatic heterocycles. The van der Waals surface area contributed by atoms with Crippen molar-refractivity contribution < 1.29 is 13.7 Å². The van der Waals surface area contributed by atoms with E-state index in [1.807, 2.05) is 60.7 Å². The van der Waals surface area contributed by atoms with Gasteiger partial charge in [0.25, 0.3) is 0 Å². The van der Waals surface area contributed by atoms with Crippen molar-refractivity contribution in [3.05, 3.63) is 66.2 Å². The molecule has 0 aliphatic carbocycles. The maximum absolute atomic E-state index is 6.09. The first-order valence-electron chi connectivity index (χ1n) is 7.30. The number of rotatable bonds is 2. The first-order chi connectivity index (χ1) is 10.8. The molecule has 1 fully saturated rings. The fraction of sp³-hybridized carbons (Fsp3) is 0.188. The standard InChI is InChI=1S/C16H17N2O3P/c1-3-8-14(9-4-1)16-17-21-22(18-16,19-12-7-13-20-22)15-10-5-2-6-11-15/h1-6,8-11H,7,12-13H2,(H,17,18). The third-order valence-electron chi connectivity index (χ3n) is 3.74. The van der Waals surface area contributed by atoms with Gasteiger partial charge in [0.1, 0.15) is 0 Å². The Labute approximate surface area is 129 Å². The molecular formula is C16H17N2O3P. The molecule has 5 nitrogen and oxygen atoms in total. The van der Waals surface area contributed by atoms with Crippen LogP contribution in [0.3, 0.4) is 0 Å². The van der Waals surface area contributed by atoms with Crippen LogP contribution in [0.5, 0.6) is 0 Å². The Balaban J connectivity index is 1.86. The molecule has 2 aliphatic rings. The van der Waals surface area contributed by atoms with Gasteiger partial charge in [0.15, 0.2) is 0 Å². The van der Waals surface area contributed by atoms with Gasteiger partial charge in [-0.1, -0.05) is 0 Å². The van der Waals surface area contributed by atoms with E-state index in [1.54, 1.807) is 0 Å². The second kappa shape index (κ2) is 5.14. The summed E-state index contributed by atoms with van der Waals surface area (Å²) in [6, 6.07) is 19.6. The van der Waals surface area contributed by atoms with Crippen LogP contribution in [0.1, 0.15) is 12.0 Å². The molecule has 0 amide bonds. The van der Waals surface area contributed by atoms with Gasteiger partial charge in [0.2, 0.25) is 0 Å². The Bertz CT molecular complexity index is 700. The number of nitrogens with zero attached hydrogens (tertiary/aromatic N) is 1. The first-order valence-corrected chi connectivity index (χ1v) is 9.24. The molecule has 0 unspecified atom stereocenters. The van der Waals surface area contributed by atoms with E-state index in [2.05, 4.69) is 5.48 Å². The number of nitrogens with one attached hydrogen (secondary N) is 1. The molecule has 2 aliphatic heterocycles. The zero-order chi connectivity index (χ0) is 14.9. The average molecular weight is 316 g/mol. The van der Waals surface area contributed by atoms with Gasteiger partial charge in [-0.2, -0.15) is 0 Å². The van der Waals surface area contributed by atoms with Crippen LogP contribution in [-0.4, -0.2) is 19.0 Å². The Morgan fingerprint density at radius 3 is 2.18 bits per heavy atom. The fourth-order valence-electron chi connectivity index (χ4n) is 2.64. The van der Waals surface area contributed by atoms with E-state index in [0.29, 0.717) is 19.0 Å². The normalized spacial score (nSPS) is 24.0. The Morgan fingerprint density at radius 1 is 0.864 bits per heavy atom. The van der Waals surface area contributed by atoms with Gasteiger partial charge in [0, 0.05) is 0 Å². The monoisotopic (exact) mass is 316 g/mol. The van der Waals surface area contributed by atoms with Gasteiger partial charge in [0.05, 0.1) is 0 Å². The minimum atomic E-state index is -3.71. The van der Waals surface area contributed by atoms with Crippen LogP contribution in [0.25, 0.3) is 0 Å². The van der Waals surface area contributed by atoms with Crippen LogP contribution in [0.4, 0.5) is 0 Å². The molecular weight excluding hydrogens is 299 g/mol. The number of hydroxylamine groups is 1. The van der Waals surface area contributed by atoms with E-state index in [4.69, 9.17) is 18.4 Å². The molecule has 2 aromatic carbocycles. The van der Waals surface area contributed by atoms with Gasteiger partial charge in [-0.25, -0.2) is 0 Å². The molecule has 0 bridgehead atoms. The predicted octanol–water partition coefficient (Wildman–Crippen LogP) is 2.94. The van der Waals surface area contributed by atoms with Crippen molar-refractivity contribution in [1.82, 2.24) is 5.48 Å². The van der Waals surface area contributed by atoms with Crippen molar-refractivity contribution in [3.63, 3.8) is 0 Å². The topological polar surface area (TPSA) is 52.1 Å². The van der Waals surface area contributed by atoms with Crippen molar-refractivity contribution in [2.75, 3.05) is 13.2 Å². The first kappa shape index (κ1) is 13.9. The van der Waals surface area contributed by atoms with E-state index in [0.717, 1.165) is 17.3 Å². The van der Waals surface area contributed by atoms with Gasteiger partial charge in [-0.15, -0.1) is 0 Å². The van der Waals surface area contributed by atoms with Gasteiger partial charge in [-0.05, 0) is 0 Å². The molecule has 6 heteroatoms. The van der Waals surface area contributed by atoms with E-state index in [9.17, 15) is 0 Å². The number of amidine groups is 1. The summed E-state index contributed by atoms with van der Waals surface area (Å²) in [5, 5.41) is 0.839. The van der Waals surface area contributed by atoms with E-state index >= 15 is 0 Å². The fourth-order valence-corrected chi connectivity index (χ4v) is 5.82. The summed E-state index contributed by atoms with van der Waals surface area (Å²) in [5.74, 6) is 0.643. The molecule has 1 spiro atoms. The molecule has 0 atom stereocenters. The molecule has 22 heavy (non-hydrogen) atoms. The van der Waals surface area contributed by atoms with Crippen LogP contribution >= 0.6 is 7.43 Å². The summed E-state index contributed by atoms with van der Waals surface area (Å²) in [6.07, 6.45) is 0.838. The summed E-state index contributed by atoms with van der Waals surface area (Å²) in [4.78, 5) is 0. The van der Waals surface area contributed by atoms with Crippen molar-refractivity contribution in [1.29, 1.82) is 0 Å². The van der Waals surface area contributed by atoms with Crippen molar-refractivity contribution in [3.8, 4) is 0 Å². The molecule has 1 N–H and O–H groups in total. The second-order valence-corrected chi connectivity index (χ2v) is 8.31.